The Hall–Kier alpha value is -13.7. The molecule has 3 atom stereocenters. The second-order valence-electron chi connectivity index (χ2n) is 34.0. The molecule has 29 nitrogen and oxygen atoms in total. The maximum atomic E-state index is 13.0. The lowest BCUT2D eigenvalue weighted by molar-refractivity contribution is -0.121. The van der Waals surface area contributed by atoms with Gasteiger partial charge in [0, 0.05) is 113 Å². The van der Waals surface area contributed by atoms with Crippen molar-refractivity contribution in [3.8, 4) is 46.3 Å². The molecule has 32 heteroatoms. The third-order valence-corrected chi connectivity index (χ3v) is 26.5. The summed E-state index contributed by atoms with van der Waals surface area (Å²) in [5.41, 5.74) is 21.5. The molecule has 0 radical (unpaired) electrons. The molecule has 7 aromatic carbocycles. The first-order chi connectivity index (χ1) is 62.8. The van der Waals surface area contributed by atoms with Gasteiger partial charge in [-0.05, 0) is 267 Å². The van der Waals surface area contributed by atoms with Gasteiger partial charge in [-0.25, -0.2) is 27.6 Å². The topological polar surface area (TPSA) is 429 Å². The number of benzene rings is 7. The first-order valence-corrected chi connectivity index (χ1v) is 46.8. The average molecular weight is 1850 g/mol. The molecule has 686 valence electrons. The molecule has 10 N–H and O–H groups in total. The van der Waals surface area contributed by atoms with Gasteiger partial charge >= 0.3 is 0 Å². The van der Waals surface area contributed by atoms with Crippen molar-refractivity contribution in [2.45, 2.75) is 157 Å². The number of pyridine rings is 4. The minimum atomic E-state index is -1.59. The molecule has 133 heavy (non-hydrogen) atoms. The number of amides is 1. The first kappa shape index (κ1) is 96.9. The van der Waals surface area contributed by atoms with Crippen LogP contribution >= 0.6 is 0 Å². The fraction of sp³-hybridized carbons (Fsp3) is 0.287. The summed E-state index contributed by atoms with van der Waals surface area (Å²) in [7, 11) is -0.939. The Morgan fingerprint density at radius 3 is 1.35 bits per heavy atom. The van der Waals surface area contributed by atoms with E-state index in [2.05, 4.69) is 93.7 Å². The number of nitrogens with one attached hydrogen (secondary N) is 3. The standard InChI is InChI=1S/C26H24N4O2S.C26H26N4O2S.C25H24N4O4S.C24H27N5O.3H2O/c1-17(2)32-21-6-3-19-15-29-25(23(19)14-21)18-9-12-28-24(13-18)30-33(31)22-7-4-20(5-8-22)26(16-27)10-11-26;1-17(2)32-21-8-5-19-15-29-25(23(19)14-21)18-11-12-28-24(13-18)30-33(31)22-9-6-20(7-10-22)26(3,4)16-27;1-15(2)33-18-5-4-17-13-27-25(20(17)11-18)16-8-9-26-23(10-16)28-34(31)19-6-7-22-21(12-19)29(3)24(30)14-32-22;1-28-16-21(15-27-28)18-2-3-20-14-26-24(22(20)12-18)19-4-7-25-23(13-19)17-5-8-29(9-6-17)10-11-30;;;/h3-9,12-14,17H,10-11,15H2,1-2H3,(H,28,30);5-14,17H,15H2,1-4H3,(H,28,30);4-12,15H,13-14H2,1-3H3,(H,26,28);2-4,7,12-13,15-17,30H,5-6,8-11,14H2,1H3;3*1H2. The number of hydrogen-bond donors (Lipinski definition) is 4. The molecule has 19 rings (SSSR count). The highest BCUT2D eigenvalue weighted by Crippen LogP contribution is 2.48. The number of aromatic nitrogens is 6. The summed E-state index contributed by atoms with van der Waals surface area (Å²) in [5, 5.41) is 32.1. The largest absolute Gasteiger partial charge is 0.491 e. The molecule has 11 heterocycles. The number of rotatable bonds is 25. The monoisotopic (exact) mass is 1850 g/mol. The van der Waals surface area contributed by atoms with E-state index < -0.39 is 38.4 Å². The second kappa shape index (κ2) is 42.7. The van der Waals surface area contributed by atoms with Crippen LogP contribution in [0.1, 0.15) is 171 Å². The van der Waals surface area contributed by atoms with Crippen LogP contribution in [-0.2, 0) is 81.8 Å². The lowest BCUT2D eigenvalue weighted by atomic mass is 9.87. The Morgan fingerprint density at radius 1 is 0.511 bits per heavy atom. The number of carbonyl (C=O) groups excluding carboxylic acids is 1. The van der Waals surface area contributed by atoms with Crippen molar-refractivity contribution in [1.29, 1.82) is 10.5 Å². The Morgan fingerprint density at radius 2 is 0.932 bits per heavy atom. The smallest absolute Gasteiger partial charge is 0.264 e. The Kier molecular flexibility index (Phi) is 31.1. The van der Waals surface area contributed by atoms with Crippen LogP contribution in [0.25, 0.3) is 11.1 Å². The molecule has 0 bridgehead atoms. The van der Waals surface area contributed by atoms with Crippen LogP contribution in [0.4, 0.5) is 23.1 Å². The Bertz CT molecular complexity index is 6380. The number of fused-ring (bicyclic) bond motifs is 5. The summed E-state index contributed by atoms with van der Waals surface area (Å²) in [6, 6.07) is 64.7. The predicted molar refractivity (Wildman–Crippen MR) is 519 cm³/mol. The molecule has 1 saturated carbocycles. The molecule has 5 aromatic heterocycles. The molecule has 2 fully saturated rings. The van der Waals surface area contributed by atoms with Crippen LogP contribution in [0.3, 0.4) is 0 Å². The van der Waals surface area contributed by atoms with Crippen LogP contribution in [0.5, 0.6) is 23.0 Å². The lowest BCUT2D eigenvalue weighted by Crippen LogP contribution is -2.35. The fourth-order valence-electron chi connectivity index (χ4n) is 16.1. The minimum Gasteiger partial charge on any atom is -0.491 e. The third-order valence-electron chi connectivity index (χ3n) is 23.2. The Labute approximate surface area is 781 Å². The van der Waals surface area contributed by atoms with Gasteiger partial charge in [0.2, 0.25) is 0 Å². The van der Waals surface area contributed by atoms with E-state index in [4.69, 9.17) is 49.0 Å². The number of aliphatic imine (C=N–C) groups is 4. The zero-order valence-electron chi connectivity index (χ0n) is 75.6. The van der Waals surface area contributed by atoms with Crippen molar-refractivity contribution in [2.24, 2.45) is 27.0 Å². The number of piperidine rings is 1. The molecule has 1 aliphatic carbocycles. The number of aliphatic hydroxyl groups is 1. The van der Waals surface area contributed by atoms with Crippen LogP contribution < -0.4 is 38.0 Å². The number of hydrogen-bond acceptors (Lipinski definition) is 21. The van der Waals surface area contributed by atoms with E-state index in [1.165, 1.54) is 21.6 Å². The van der Waals surface area contributed by atoms with Gasteiger partial charge in [0.05, 0.1) is 123 Å². The van der Waals surface area contributed by atoms with Gasteiger partial charge in [-0.15, -0.1) is 0 Å². The number of β-amino-alcohol motifs (C(OH)–C–C–N with tert-alkyl or cyclic N) is 1. The predicted octanol–water partition coefficient (Wildman–Crippen LogP) is 14.3. The van der Waals surface area contributed by atoms with E-state index in [-0.39, 0.29) is 59.3 Å². The van der Waals surface area contributed by atoms with E-state index in [1.54, 1.807) is 56.0 Å². The number of likely N-dealkylation sites (N-methyl/N-ethyl adjacent to an activating group) is 1. The van der Waals surface area contributed by atoms with Gasteiger partial charge in [-0.2, -0.15) is 15.6 Å². The lowest BCUT2D eigenvalue weighted by Gasteiger charge is -2.31. The van der Waals surface area contributed by atoms with Gasteiger partial charge in [0.25, 0.3) is 5.91 Å². The molecule has 6 aliphatic heterocycles. The number of ether oxygens (including phenoxy) is 4. The van der Waals surface area contributed by atoms with Crippen LogP contribution in [0.15, 0.2) is 260 Å². The molecule has 1 saturated heterocycles. The number of likely N-dealkylation sites (tertiary alicyclic amines) is 1. The Balaban J connectivity index is 0.000000150. The second-order valence-corrected chi connectivity index (χ2v) is 37.6. The SMILES string of the molecule is CC(C)Oc1ccc2c(c1)C(c1ccnc(NS(=O)c3ccc(C(C)(C)C#N)cc3)c1)=NC2.CC(C)Oc1ccc2c(c1)C(c1ccnc(NS(=O)c3ccc(C4(C#N)CC4)cc3)c1)=NC2.CC(C)Oc1ccc2c(c1)C(c1ccnc(NS(=O)c3ccc4c(c3)N(C)C(=O)CO4)c1)=NC2.Cn1cc(-c2ccc3c(c2)C(c2ccnc(C4CCN(CCO)CC4)c2)=NC3)cn1.O.O.O. The summed E-state index contributed by atoms with van der Waals surface area (Å²) >= 11 is 0. The maximum absolute atomic E-state index is 13.0. The summed E-state index contributed by atoms with van der Waals surface area (Å²) in [5.74, 6) is 4.81. The van der Waals surface area contributed by atoms with Crippen molar-refractivity contribution in [3.05, 3.63) is 309 Å². The van der Waals surface area contributed by atoms with E-state index in [9.17, 15) is 27.9 Å². The van der Waals surface area contributed by atoms with Gasteiger partial charge in [-0.1, -0.05) is 54.6 Å². The highest BCUT2D eigenvalue weighted by Gasteiger charge is 2.45. The molecular weight excluding hydrogens is 1740 g/mol. The molecular formula is C101H107N17O12S3. The number of aryl methyl sites for hydroxylation is 1. The van der Waals surface area contributed by atoms with Crippen molar-refractivity contribution < 1.29 is 57.9 Å². The summed E-state index contributed by atoms with van der Waals surface area (Å²) in [6.07, 6.45) is 15.1. The summed E-state index contributed by atoms with van der Waals surface area (Å²) < 4.78 is 72.5. The number of nitriles is 2. The minimum absolute atomic E-state index is 0. The number of carbonyl (C=O) groups is 1. The quantitative estimate of drug-likeness (QED) is 0.0413. The zero-order chi connectivity index (χ0) is 90.9. The number of aliphatic hydroxyl groups excluding tert-OH is 1. The van der Waals surface area contributed by atoms with Crippen LogP contribution in [0, 0.1) is 22.7 Å². The van der Waals surface area contributed by atoms with Crippen molar-refractivity contribution in [1.82, 2.24) is 34.6 Å². The van der Waals surface area contributed by atoms with Gasteiger partial charge in [-0.3, -0.25) is 48.6 Å². The van der Waals surface area contributed by atoms with Gasteiger partial charge in [0.1, 0.15) is 40.5 Å². The average Bonchev–Trinajstić information content (AvgIpc) is 1.71. The molecule has 3 unspecified atom stereocenters. The van der Waals surface area contributed by atoms with E-state index in [1.807, 2.05) is 201 Å². The van der Waals surface area contributed by atoms with Gasteiger partial charge < -0.3 is 50.3 Å². The van der Waals surface area contributed by atoms with E-state index in [0.29, 0.717) is 69.1 Å². The van der Waals surface area contributed by atoms with E-state index >= 15 is 0 Å². The highest BCUT2D eigenvalue weighted by atomic mass is 32.2. The maximum Gasteiger partial charge on any atom is 0.264 e. The zero-order valence-corrected chi connectivity index (χ0v) is 78.0. The van der Waals surface area contributed by atoms with Crippen molar-refractivity contribution >= 4 is 84.9 Å². The van der Waals surface area contributed by atoms with E-state index in [0.717, 1.165) is 170 Å². The molecule has 1 amide bonds. The molecule has 12 aromatic rings. The van der Waals surface area contributed by atoms with Gasteiger partial charge in [0.15, 0.2) is 39.6 Å². The normalized spacial score (nSPS) is 15.3. The highest BCUT2D eigenvalue weighted by molar-refractivity contribution is 7.87. The van der Waals surface area contributed by atoms with Crippen molar-refractivity contribution in [3.63, 3.8) is 0 Å². The number of nitrogens with zero attached hydrogens (tertiary/aromatic N) is 14. The number of anilines is 4. The molecule has 7 aliphatic rings. The van der Waals surface area contributed by atoms with Crippen molar-refractivity contribution in [2.75, 3.05) is 59.0 Å². The summed E-state index contributed by atoms with van der Waals surface area (Å²) in [6.45, 7) is 21.3. The molecule has 0 spiro atoms. The third kappa shape index (κ3) is 22.7. The first-order valence-electron chi connectivity index (χ1n) is 43.3. The van der Waals surface area contributed by atoms with Crippen LogP contribution in [0.2, 0.25) is 0 Å². The fourth-order valence-corrected chi connectivity index (χ4v) is 18.6. The van der Waals surface area contributed by atoms with Crippen LogP contribution in [-0.4, -0.2) is 156 Å². The summed E-state index contributed by atoms with van der Waals surface area (Å²) in [4.78, 5) is 54.3.